The van der Waals surface area contributed by atoms with Crippen LogP contribution in [0.15, 0.2) is 24.3 Å². The predicted octanol–water partition coefficient (Wildman–Crippen LogP) is 1.67. The molecule has 0 fully saturated rings. The number of amides is 1. The number of rotatable bonds is 5. The second-order valence-corrected chi connectivity index (χ2v) is 5.62. The minimum Gasteiger partial charge on any atom is -0.467 e. The third-order valence-corrected chi connectivity index (χ3v) is 3.50. The third-order valence-electron chi connectivity index (χ3n) is 3.50. The molecule has 0 aliphatic carbocycles. The van der Waals surface area contributed by atoms with Gasteiger partial charge in [0.15, 0.2) is 0 Å². The number of fused-ring (bicyclic) bond motifs is 1. The lowest BCUT2D eigenvalue weighted by atomic mass is 10.1. The minimum atomic E-state index is -1.06. The molecular weight excluding hydrogens is 282 g/mol. The van der Waals surface area contributed by atoms with Gasteiger partial charge in [-0.15, -0.1) is 0 Å². The largest absolute Gasteiger partial charge is 0.467 e. The number of para-hydroxylation sites is 2. The summed E-state index contributed by atoms with van der Waals surface area (Å²) >= 11 is 0. The molecule has 0 saturated heterocycles. The Morgan fingerprint density at radius 1 is 1.32 bits per heavy atom. The number of hydrogen-bond acceptors (Lipinski definition) is 4. The minimum absolute atomic E-state index is 0.115. The first-order chi connectivity index (χ1) is 10.4. The zero-order chi connectivity index (χ0) is 16.3. The van der Waals surface area contributed by atoms with E-state index in [4.69, 9.17) is 4.74 Å². The van der Waals surface area contributed by atoms with Crippen molar-refractivity contribution in [3.05, 3.63) is 30.1 Å². The van der Waals surface area contributed by atoms with Crippen LogP contribution in [-0.2, 0) is 27.3 Å². The zero-order valence-corrected chi connectivity index (χ0v) is 13.3. The average Bonchev–Trinajstić information content (AvgIpc) is 2.83. The first kappa shape index (κ1) is 16.0. The van der Waals surface area contributed by atoms with Crippen molar-refractivity contribution >= 4 is 22.9 Å². The first-order valence-corrected chi connectivity index (χ1v) is 7.22. The van der Waals surface area contributed by atoms with Crippen molar-refractivity contribution in [3.8, 4) is 0 Å². The Morgan fingerprint density at radius 2 is 2.00 bits per heavy atom. The molecule has 0 aliphatic heterocycles. The molecule has 118 valence electrons. The van der Waals surface area contributed by atoms with Crippen LogP contribution >= 0.6 is 0 Å². The van der Waals surface area contributed by atoms with E-state index in [1.165, 1.54) is 7.11 Å². The number of carbonyl (C=O) groups excluding carboxylic acids is 2. The Balaban J connectivity index is 2.23. The van der Waals surface area contributed by atoms with E-state index >= 15 is 0 Å². The highest BCUT2D eigenvalue weighted by molar-refractivity contribution is 5.88. The molecule has 0 saturated carbocycles. The maximum atomic E-state index is 12.3. The number of aryl methyl sites for hydroxylation is 1. The van der Waals surface area contributed by atoms with Crippen LogP contribution in [0.4, 0.5) is 0 Å². The number of imidazole rings is 1. The van der Waals surface area contributed by atoms with Gasteiger partial charge in [0.05, 0.1) is 18.1 Å². The molecule has 1 aromatic heterocycles. The number of benzene rings is 1. The SMILES string of the molecule is CCc1nc2ccccc2n1CC(=O)NC(C)(C)C(=O)OC. The van der Waals surface area contributed by atoms with Crippen molar-refractivity contribution in [1.29, 1.82) is 0 Å². The Hall–Kier alpha value is -2.37. The molecule has 2 aromatic rings. The van der Waals surface area contributed by atoms with Gasteiger partial charge in [0, 0.05) is 6.42 Å². The molecule has 1 aromatic carbocycles. The van der Waals surface area contributed by atoms with Gasteiger partial charge < -0.3 is 14.6 Å². The zero-order valence-electron chi connectivity index (χ0n) is 13.3. The summed E-state index contributed by atoms with van der Waals surface area (Å²) in [6.07, 6.45) is 0.725. The molecule has 6 nitrogen and oxygen atoms in total. The summed E-state index contributed by atoms with van der Waals surface area (Å²) in [5.74, 6) is 0.104. The van der Waals surface area contributed by atoms with Crippen LogP contribution in [0.2, 0.25) is 0 Å². The number of methoxy groups -OCH3 is 1. The quantitative estimate of drug-likeness (QED) is 0.853. The standard InChI is InChI=1S/C16H21N3O3/c1-5-13-17-11-8-6-7-9-12(11)19(13)10-14(20)18-16(2,3)15(21)22-4/h6-9H,5,10H2,1-4H3,(H,18,20). The van der Waals surface area contributed by atoms with Gasteiger partial charge >= 0.3 is 5.97 Å². The van der Waals surface area contributed by atoms with Crippen molar-refractivity contribution < 1.29 is 14.3 Å². The van der Waals surface area contributed by atoms with Crippen LogP contribution in [-0.4, -0.2) is 34.1 Å². The molecule has 0 aliphatic rings. The Kier molecular flexibility index (Phi) is 4.49. The Labute approximate surface area is 129 Å². The lowest BCUT2D eigenvalue weighted by Gasteiger charge is -2.23. The summed E-state index contributed by atoms with van der Waals surface area (Å²) in [5, 5.41) is 2.70. The monoisotopic (exact) mass is 303 g/mol. The number of nitrogens with zero attached hydrogens (tertiary/aromatic N) is 2. The number of ether oxygens (including phenoxy) is 1. The highest BCUT2D eigenvalue weighted by Gasteiger charge is 2.30. The summed E-state index contributed by atoms with van der Waals surface area (Å²) in [6.45, 7) is 5.34. The lowest BCUT2D eigenvalue weighted by molar-refractivity contribution is -0.149. The van der Waals surface area contributed by atoms with Gasteiger partial charge in [0.1, 0.15) is 17.9 Å². The molecule has 22 heavy (non-hydrogen) atoms. The van der Waals surface area contributed by atoms with Gasteiger partial charge in [-0.2, -0.15) is 0 Å². The maximum absolute atomic E-state index is 12.3. The summed E-state index contributed by atoms with van der Waals surface area (Å²) in [4.78, 5) is 28.5. The second-order valence-electron chi connectivity index (χ2n) is 5.62. The van der Waals surface area contributed by atoms with E-state index in [9.17, 15) is 9.59 Å². The third kappa shape index (κ3) is 3.10. The Bertz CT molecular complexity index is 704. The van der Waals surface area contributed by atoms with Gasteiger partial charge in [-0.05, 0) is 26.0 Å². The second kappa shape index (κ2) is 6.17. The normalized spacial score (nSPS) is 11.5. The molecule has 0 atom stereocenters. The van der Waals surface area contributed by atoms with Crippen molar-refractivity contribution in [1.82, 2.24) is 14.9 Å². The van der Waals surface area contributed by atoms with Crippen LogP contribution in [0.25, 0.3) is 11.0 Å². The number of hydrogen-bond donors (Lipinski definition) is 1. The summed E-state index contributed by atoms with van der Waals surface area (Å²) in [5.41, 5.74) is 0.707. The number of aromatic nitrogens is 2. The Morgan fingerprint density at radius 3 is 2.64 bits per heavy atom. The van der Waals surface area contributed by atoms with E-state index in [0.717, 1.165) is 23.3 Å². The molecule has 0 bridgehead atoms. The van der Waals surface area contributed by atoms with Gasteiger partial charge in [-0.25, -0.2) is 9.78 Å². The van der Waals surface area contributed by atoms with Gasteiger partial charge in [-0.1, -0.05) is 19.1 Å². The van der Waals surface area contributed by atoms with E-state index in [1.54, 1.807) is 13.8 Å². The van der Waals surface area contributed by atoms with Crippen LogP contribution < -0.4 is 5.32 Å². The summed E-state index contributed by atoms with van der Waals surface area (Å²) in [6, 6.07) is 7.68. The van der Waals surface area contributed by atoms with E-state index in [2.05, 4.69) is 10.3 Å². The van der Waals surface area contributed by atoms with E-state index < -0.39 is 11.5 Å². The number of nitrogens with one attached hydrogen (secondary N) is 1. The lowest BCUT2D eigenvalue weighted by Crippen LogP contribution is -2.51. The maximum Gasteiger partial charge on any atom is 0.330 e. The predicted molar refractivity (Wildman–Crippen MR) is 83.3 cm³/mol. The molecule has 2 rings (SSSR count). The molecule has 0 spiro atoms. The van der Waals surface area contributed by atoms with Crippen molar-refractivity contribution in [3.63, 3.8) is 0 Å². The van der Waals surface area contributed by atoms with Crippen molar-refractivity contribution in [2.24, 2.45) is 0 Å². The average molecular weight is 303 g/mol. The van der Waals surface area contributed by atoms with E-state index in [-0.39, 0.29) is 12.5 Å². The van der Waals surface area contributed by atoms with Crippen molar-refractivity contribution in [2.75, 3.05) is 7.11 Å². The fourth-order valence-corrected chi connectivity index (χ4v) is 2.41. The highest BCUT2D eigenvalue weighted by atomic mass is 16.5. The van der Waals surface area contributed by atoms with E-state index in [0.29, 0.717) is 0 Å². The van der Waals surface area contributed by atoms with Crippen LogP contribution in [0.5, 0.6) is 0 Å². The van der Waals surface area contributed by atoms with Crippen LogP contribution in [0.1, 0.15) is 26.6 Å². The smallest absolute Gasteiger partial charge is 0.330 e. The van der Waals surface area contributed by atoms with Crippen LogP contribution in [0, 0.1) is 0 Å². The molecular formula is C16H21N3O3. The fourth-order valence-electron chi connectivity index (χ4n) is 2.41. The highest BCUT2D eigenvalue weighted by Crippen LogP contribution is 2.16. The molecule has 0 unspecified atom stereocenters. The van der Waals surface area contributed by atoms with E-state index in [1.807, 2.05) is 35.8 Å². The van der Waals surface area contributed by atoms with Gasteiger partial charge in [0.2, 0.25) is 5.91 Å². The first-order valence-electron chi connectivity index (χ1n) is 7.22. The van der Waals surface area contributed by atoms with Gasteiger partial charge in [0.25, 0.3) is 0 Å². The molecule has 6 heteroatoms. The fraction of sp³-hybridized carbons (Fsp3) is 0.438. The summed E-state index contributed by atoms with van der Waals surface area (Å²) < 4.78 is 6.57. The van der Waals surface area contributed by atoms with Crippen molar-refractivity contribution in [2.45, 2.75) is 39.3 Å². The van der Waals surface area contributed by atoms with Gasteiger partial charge in [-0.3, -0.25) is 4.79 Å². The molecule has 1 amide bonds. The molecule has 0 radical (unpaired) electrons. The summed E-state index contributed by atoms with van der Waals surface area (Å²) in [7, 11) is 1.30. The molecule has 1 heterocycles. The van der Waals surface area contributed by atoms with Crippen LogP contribution in [0.3, 0.4) is 0 Å². The topological polar surface area (TPSA) is 73.2 Å². The molecule has 1 N–H and O–H groups in total. The number of esters is 1. The number of carbonyl (C=O) groups is 2.